The van der Waals surface area contributed by atoms with Gasteiger partial charge in [-0.3, -0.25) is 14.7 Å². The Labute approximate surface area is 192 Å². The van der Waals surface area contributed by atoms with Crippen LogP contribution in [-0.2, 0) is 14.3 Å². The summed E-state index contributed by atoms with van der Waals surface area (Å²) in [5.74, 6) is -0.922. The maximum absolute atomic E-state index is 13.5. The van der Waals surface area contributed by atoms with Crippen molar-refractivity contribution in [2.45, 2.75) is 39.5 Å². The molecular formula is C25H26ClN3O3. The van der Waals surface area contributed by atoms with Crippen molar-refractivity contribution in [2.24, 2.45) is 11.1 Å². The molecule has 0 saturated heterocycles. The Morgan fingerprint density at radius 2 is 1.97 bits per heavy atom. The Morgan fingerprint density at radius 1 is 1.25 bits per heavy atom. The lowest BCUT2D eigenvalue weighted by molar-refractivity contribution is -0.138. The average Bonchev–Trinajstić information content (AvgIpc) is 2.74. The van der Waals surface area contributed by atoms with Gasteiger partial charge < -0.3 is 10.5 Å². The number of benzene rings is 1. The topological polar surface area (TPSA) is 85.5 Å². The van der Waals surface area contributed by atoms with Crippen LogP contribution in [0.4, 0.5) is 5.69 Å². The molecule has 0 bridgehead atoms. The molecule has 4 rings (SSSR count). The second-order valence-electron chi connectivity index (χ2n) is 8.85. The van der Waals surface area contributed by atoms with Gasteiger partial charge in [0.25, 0.3) is 0 Å². The number of nitrogens with two attached hydrogens (primary N) is 1. The Kier molecular flexibility index (Phi) is 5.82. The fourth-order valence-electron chi connectivity index (χ4n) is 4.58. The molecule has 2 aromatic rings. The van der Waals surface area contributed by atoms with Crippen LogP contribution in [0.15, 0.2) is 71.5 Å². The zero-order valence-electron chi connectivity index (χ0n) is 18.4. The fourth-order valence-corrected chi connectivity index (χ4v) is 4.71. The number of hydrogen-bond acceptors (Lipinski definition) is 6. The van der Waals surface area contributed by atoms with Crippen LogP contribution in [0, 0.1) is 5.41 Å². The molecule has 1 aromatic carbocycles. The predicted molar refractivity (Wildman–Crippen MR) is 124 cm³/mol. The van der Waals surface area contributed by atoms with Crippen molar-refractivity contribution in [1.82, 2.24) is 4.98 Å². The zero-order chi connectivity index (χ0) is 23.0. The quantitative estimate of drug-likeness (QED) is 0.677. The number of ether oxygens (including phenoxy) is 1. The van der Waals surface area contributed by atoms with Gasteiger partial charge in [0.05, 0.1) is 18.1 Å². The molecule has 1 aliphatic carbocycles. The first-order valence-corrected chi connectivity index (χ1v) is 11.0. The van der Waals surface area contributed by atoms with Crippen LogP contribution in [-0.4, -0.2) is 23.3 Å². The number of allylic oxidation sites excluding steroid dienone is 2. The highest BCUT2D eigenvalue weighted by Gasteiger charge is 2.46. The number of anilines is 1. The van der Waals surface area contributed by atoms with E-state index in [-0.39, 0.29) is 29.2 Å². The van der Waals surface area contributed by atoms with Crippen LogP contribution in [0.2, 0.25) is 5.02 Å². The predicted octanol–water partition coefficient (Wildman–Crippen LogP) is 4.72. The molecule has 0 radical (unpaired) electrons. The van der Waals surface area contributed by atoms with Crippen LogP contribution >= 0.6 is 11.6 Å². The number of carbonyl (C=O) groups is 2. The lowest BCUT2D eigenvalue weighted by Gasteiger charge is -2.44. The molecule has 32 heavy (non-hydrogen) atoms. The number of halogens is 1. The van der Waals surface area contributed by atoms with E-state index in [9.17, 15) is 9.59 Å². The van der Waals surface area contributed by atoms with E-state index in [1.807, 2.05) is 23.1 Å². The summed E-state index contributed by atoms with van der Waals surface area (Å²) in [5, 5.41) is 0.585. The van der Waals surface area contributed by atoms with Crippen molar-refractivity contribution >= 4 is 29.0 Å². The van der Waals surface area contributed by atoms with Gasteiger partial charge in [-0.1, -0.05) is 31.5 Å². The summed E-state index contributed by atoms with van der Waals surface area (Å²) < 4.78 is 5.38. The Balaban J connectivity index is 2.01. The van der Waals surface area contributed by atoms with Gasteiger partial charge in [-0.2, -0.15) is 0 Å². The van der Waals surface area contributed by atoms with E-state index in [2.05, 4.69) is 18.8 Å². The highest BCUT2D eigenvalue weighted by molar-refractivity contribution is 6.30. The molecule has 2 heterocycles. The summed E-state index contributed by atoms with van der Waals surface area (Å²) in [6.45, 7) is 6.07. The third-order valence-electron chi connectivity index (χ3n) is 5.86. The van der Waals surface area contributed by atoms with Gasteiger partial charge in [-0.15, -0.1) is 0 Å². The fraction of sp³-hybridized carbons (Fsp3) is 0.320. The molecule has 6 nitrogen and oxygen atoms in total. The first-order chi connectivity index (χ1) is 15.2. The lowest BCUT2D eigenvalue weighted by atomic mass is 9.68. The number of aromatic nitrogens is 1. The van der Waals surface area contributed by atoms with Gasteiger partial charge >= 0.3 is 5.97 Å². The molecule has 0 saturated carbocycles. The van der Waals surface area contributed by atoms with E-state index < -0.39 is 11.9 Å². The van der Waals surface area contributed by atoms with Crippen LogP contribution in [0.5, 0.6) is 0 Å². The molecule has 1 atom stereocenters. The maximum atomic E-state index is 13.5. The van der Waals surface area contributed by atoms with Crippen molar-refractivity contribution < 1.29 is 14.3 Å². The van der Waals surface area contributed by atoms with E-state index >= 15 is 0 Å². The van der Waals surface area contributed by atoms with Crippen molar-refractivity contribution in [3.05, 3.63) is 82.0 Å². The molecule has 7 heteroatoms. The van der Waals surface area contributed by atoms with Gasteiger partial charge in [0.1, 0.15) is 5.82 Å². The van der Waals surface area contributed by atoms with Crippen LogP contribution in [0.1, 0.15) is 45.1 Å². The molecule has 0 amide bonds. The smallest absolute Gasteiger partial charge is 0.338 e. The molecule has 2 aliphatic rings. The van der Waals surface area contributed by atoms with Gasteiger partial charge in [0, 0.05) is 40.8 Å². The van der Waals surface area contributed by atoms with Crippen molar-refractivity contribution in [2.75, 3.05) is 11.5 Å². The normalized spacial score (nSPS) is 20.3. The van der Waals surface area contributed by atoms with E-state index in [1.54, 1.807) is 37.5 Å². The van der Waals surface area contributed by atoms with Crippen molar-refractivity contribution in [3.8, 4) is 0 Å². The summed E-state index contributed by atoms with van der Waals surface area (Å²) >= 11 is 6.11. The number of pyridine rings is 1. The van der Waals surface area contributed by atoms with Crippen LogP contribution in [0.3, 0.4) is 0 Å². The number of carbonyl (C=O) groups excluding carboxylic acids is 2. The highest BCUT2D eigenvalue weighted by Crippen LogP contribution is 2.50. The minimum absolute atomic E-state index is 0.00151. The number of nitrogens with zero attached hydrogens (tertiary/aromatic N) is 2. The summed E-state index contributed by atoms with van der Waals surface area (Å²) in [5.41, 5.74) is 9.54. The van der Waals surface area contributed by atoms with Gasteiger partial charge in [-0.25, -0.2) is 4.79 Å². The highest BCUT2D eigenvalue weighted by atomic mass is 35.5. The summed E-state index contributed by atoms with van der Waals surface area (Å²) in [6.07, 6.45) is 4.34. The zero-order valence-corrected chi connectivity index (χ0v) is 19.1. The molecule has 0 fully saturated rings. The molecule has 166 valence electrons. The standard InChI is InChI=1S/C25H26ClN3O3/c1-4-32-24(31)22-20(15-6-5-11-28-14-15)21-18(12-25(2,3)13-19(21)30)29(23(22)27)17-9-7-16(26)8-10-17/h5-11,14,20H,4,12-13,27H2,1-3H3. The second kappa shape index (κ2) is 8.43. The first-order valence-electron chi connectivity index (χ1n) is 10.6. The van der Waals surface area contributed by atoms with Crippen LogP contribution in [0.25, 0.3) is 0 Å². The first kappa shape index (κ1) is 22.1. The molecule has 1 unspecified atom stereocenters. The van der Waals surface area contributed by atoms with E-state index in [1.165, 1.54) is 0 Å². The molecule has 0 spiro atoms. The van der Waals surface area contributed by atoms with Gasteiger partial charge in [0.2, 0.25) is 0 Å². The third kappa shape index (κ3) is 3.91. The summed E-state index contributed by atoms with van der Waals surface area (Å²) in [7, 11) is 0. The minimum atomic E-state index is -0.634. The van der Waals surface area contributed by atoms with E-state index in [0.717, 1.165) is 16.9 Å². The minimum Gasteiger partial charge on any atom is -0.463 e. The third-order valence-corrected chi connectivity index (χ3v) is 6.11. The lowest BCUT2D eigenvalue weighted by Crippen LogP contribution is -2.43. The number of Topliss-reactive ketones (excluding diaryl/α,β-unsaturated/α-hetero) is 1. The van der Waals surface area contributed by atoms with Crippen molar-refractivity contribution in [1.29, 1.82) is 0 Å². The summed E-state index contributed by atoms with van der Waals surface area (Å²) in [6, 6.07) is 10.8. The van der Waals surface area contributed by atoms with Crippen molar-refractivity contribution in [3.63, 3.8) is 0 Å². The van der Waals surface area contributed by atoms with Crippen LogP contribution < -0.4 is 10.6 Å². The average molecular weight is 452 g/mol. The SMILES string of the molecule is CCOC(=O)C1=C(N)N(c2ccc(Cl)cc2)C2=C(C(=O)CC(C)(C)C2)C1c1cccnc1. The Hall–Kier alpha value is -3.12. The largest absolute Gasteiger partial charge is 0.463 e. The Morgan fingerprint density at radius 3 is 2.59 bits per heavy atom. The number of ketones is 1. The van der Waals surface area contributed by atoms with Gasteiger partial charge in [0.15, 0.2) is 5.78 Å². The number of esters is 1. The molecule has 1 aromatic heterocycles. The van der Waals surface area contributed by atoms with E-state index in [4.69, 9.17) is 22.1 Å². The summed E-state index contributed by atoms with van der Waals surface area (Å²) in [4.78, 5) is 32.8. The van der Waals surface area contributed by atoms with E-state index in [0.29, 0.717) is 23.4 Å². The number of rotatable bonds is 4. The monoisotopic (exact) mass is 451 g/mol. The van der Waals surface area contributed by atoms with Gasteiger partial charge in [-0.05, 0) is 54.7 Å². The molecule has 2 N–H and O–H groups in total. The molecular weight excluding hydrogens is 426 g/mol. The maximum Gasteiger partial charge on any atom is 0.338 e. The number of hydrogen-bond donors (Lipinski definition) is 1. The second-order valence-corrected chi connectivity index (χ2v) is 9.29. The molecule has 1 aliphatic heterocycles. The Bertz CT molecular complexity index is 1120.